The fraction of sp³-hybridized carbons (Fsp3) is 0.143. The van der Waals surface area contributed by atoms with E-state index in [1.807, 2.05) is 24.5 Å². The highest BCUT2D eigenvalue weighted by Gasteiger charge is 2.10. The number of rotatable bonds is 0. The third-order valence-electron chi connectivity index (χ3n) is 1.60. The zero-order valence-electron chi connectivity index (χ0n) is 5.34. The van der Waals surface area contributed by atoms with Crippen LogP contribution in [0.15, 0.2) is 24.5 Å². The van der Waals surface area contributed by atoms with Crippen molar-refractivity contribution in [3.05, 3.63) is 30.2 Å². The van der Waals surface area contributed by atoms with Crippen LogP contribution in [0.5, 0.6) is 0 Å². The Labute approximate surface area is 64.2 Å². The molecule has 0 saturated heterocycles. The highest BCUT2D eigenvalue weighted by molar-refractivity contribution is 6.27. The number of fused-ring (bicyclic) bond motifs is 1. The molecule has 0 radical (unpaired) electrons. The van der Waals surface area contributed by atoms with Crippen LogP contribution in [0.1, 0.15) is 5.69 Å². The maximum absolute atomic E-state index is 5.82. The van der Waals surface area contributed by atoms with E-state index in [0.29, 0.717) is 0 Å². The molecule has 2 nitrogen and oxygen atoms in total. The zero-order valence-corrected chi connectivity index (χ0v) is 6.10. The van der Waals surface area contributed by atoms with Gasteiger partial charge in [-0.15, -0.1) is 0 Å². The van der Waals surface area contributed by atoms with E-state index < -0.39 is 0 Å². The zero-order chi connectivity index (χ0) is 6.97. The summed E-state index contributed by atoms with van der Waals surface area (Å²) in [7, 11) is 0. The van der Waals surface area contributed by atoms with E-state index in [4.69, 9.17) is 11.8 Å². The number of halogens is 1. The number of nitrogens with one attached hydrogen (secondary N) is 1. The lowest BCUT2D eigenvalue weighted by atomic mass is 10.2. The van der Waals surface area contributed by atoms with Crippen molar-refractivity contribution in [2.45, 2.75) is 6.42 Å². The monoisotopic (exact) mass is 154 g/mol. The summed E-state index contributed by atoms with van der Waals surface area (Å²) in [5, 5.41) is 0. The summed E-state index contributed by atoms with van der Waals surface area (Å²) in [6, 6.07) is 1.96. The van der Waals surface area contributed by atoms with Gasteiger partial charge in [0.1, 0.15) is 0 Å². The summed E-state index contributed by atoms with van der Waals surface area (Å²) < 4.78 is 1.59. The van der Waals surface area contributed by atoms with Gasteiger partial charge in [0.05, 0.1) is 5.69 Å². The van der Waals surface area contributed by atoms with Crippen LogP contribution in [-0.2, 0) is 6.42 Å². The molecule has 0 amide bonds. The Bertz CT molecular complexity index is 264. The predicted molar refractivity (Wildman–Crippen MR) is 42.0 cm³/mol. The van der Waals surface area contributed by atoms with Crippen LogP contribution in [0.3, 0.4) is 0 Å². The molecule has 1 aliphatic heterocycles. The fourth-order valence-electron chi connectivity index (χ4n) is 1.10. The van der Waals surface area contributed by atoms with Crippen LogP contribution in [-0.4, -0.2) is 4.98 Å². The number of hydrogen-bond acceptors (Lipinski definition) is 1. The molecule has 0 fully saturated rings. The molecule has 3 heteroatoms. The number of hydrogen-bond donors (Lipinski definition) is 1. The molecule has 10 heavy (non-hydrogen) atoms. The first-order chi connectivity index (χ1) is 4.88. The summed E-state index contributed by atoms with van der Waals surface area (Å²) in [6.07, 6.45) is 6.72. The molecule has 1 aromatic rings. The SMILES string of the molecule is ClN1C=CCc2[nH]ccc21. The van der Waals surface area contributed by atoms with Crippen LogP contribution < -0.4 is 4.42 Å². The van der Waals surface area contributed by atoms with E-state index in [1.165, 1.54) is 5.69 Å². The Kier molecular flexibility index (Phi) is 1.21. The van der Waals surface area contributed by atoms with E-state index in [-0.39, 0.29) is 0 Å². The third-order valence-corrected chi connectivity index (χ3v) is 1.89. The summed E-state index contributed by atoms with van der Waals surface area (Å²) in [5.41, 5.74) is 2.24. The molecule has 2 heterocycles. The van der Waals surface area contributed by atoms with Crippen molar-refractivity contribution in [3.63, 3.8) is 0 Å². The molecule has 1 N–H and O–H groups in total. The quantitative estimate of drug-likeness (QED) is 0.567. The highest BCUT2D eigenvalue weighted by atomic mass is 35.5. The summed E-state index contributed by atoms with van der Waals surface area (Å²) in [4.78, 5) is 3.11. The minimum absolute atomic E-state index is 0.950. The molecular weight excluding hydrogens is 148 g/mol. The third kappa shape index (κ3) is 0.727. The van der Waals surface area contributed by atoms with Crippen LogP contribution in [0, 0.1) is 0 Å². The molecule has 0 saturated carbocycles. The van der Waals surface area contributed by atoms with Crippen molar-refractivity contribution >= 4 is 17.5 Å². The van der Waals surface area contributed by atoms with Crippen molar-refractivity contribution in [3.8, 4) is 0 Å². The fourth-order valence-corrected chi connectivity index (χ4v) is 1.34. The van der Waals surface area contributed by atoms with E-state index >= 15 is 0 Å². The Morgan fingerprint density at radius 3 is 3.30 bits per heavy atom. The number of H-pyrrole nitrogens is 1. The van der Waals surface area contributed by atoms with Crippen molar-refractivity contribution in [1.29, 1.82) is 0 Å². The normalized spacial score (nSPS) is 15.5. The summed E-state index contributed by atoms with van der Waals surface area (Å²) >= 11 is 5.82. The highest BCUT2D eigenvalue weighted by Crippen LogP contribution is 2.25. The van der Waals surface area contributed by atoms with E-state index in [9.17, 15) is 0 Å². The largest absolute Gasteiger partial charge is 0.363 e. The Morgan fingerprint density at radius 1 is 1.60 bits per heavy atom. The Morgan fingerprint density at radius 2 is 2.50 bits per heavy atom. The lowest BCUT2D eigenvalue weighted by molar-refractivity contribution is 1.11. The predicted octanol–water partition coefficient (Wildman–Crippen LogP) is 2.04. The molecule has 52 valence electrons. The lowest BCUT2D eigenvalue weighted by Gasteiger charge is -2.14. The first-order valence-electron chi connectivity index (χ1n) is 3.16. The van der Waals surface area contributed by atoms with E-state index in [0.717, 1.165) is 12.1 Å². The average molecular weight is 155 g/mol. The molecule has 0 aliphatic carbocycles. The maximum atomic E-state index is 5.82. The second kappa shape index (κ2) is 2.06. The van der Waals surface area contributed by atoms with Gasteiger partial charge in [-0.1, -0.05) is 6.08 Å². The van der Waals surface area contributed by atoms with Gasteiger partial charge < -0.3 is 4.98 Å². The topological polar surface area (TPSA) is 19.0 Å². The minimum Gasteiger partial charge on any atom is -0.363 e. The van der Waals surface area contributed by atoms with Gasteiger partial charge in [-0.2, -0.15) is 0 Å². The lowest BCUT2D eigenvalue weighted by Crippen LogP contribution is -2.05. The molecular formula is C7H7ClN2. The number of aromatic amines is 1. The van der Waals surface area contributed by atoms with Crippen LogP contribution in [0.25, 0.3) is 0 Å². The van der Waals surface area contributed by atoms with Crippen LogP contribution in [0.4, 0.5) is 5.69 Å². The Hall–Kier alpha value is -0.890. The molecule has 0 aromatic carbocycles. The molecule has 0 spiro atoms. The first-order valence-corrected chi connectivity index (χ1v) is 3.49. The van der Waals surface area contributed by atoms with E-state index in [1.54, 1.807) is 4.42 Å². The Balaban J connectivity index is 2.48. The first kappa shape index (κ1) is 5.86. The smallest absolute Gasteiger partial charge is 0.0784 e. The molecule has 0 atom stereocenters. The second-order valence-corrected chi connectivity index (χ2v) is 2.61. The average Bonchev–Trinajstić information content (AvgIpc) is 2.36. The molecule has 2 rings (SSSR count). The van der Waals surface area contributed by atoms with Gasteiger partial charge in [0.25, 0.3) is 0 Å². The number of aromatic nitrogens is 1. The van der Waals surface area contributed by atoms with Crippen LogP contribution >= 0.6 is 11.8 Å². The van der Waals surface area contributed by atoms with E-state index in [2.05, 4.69) is 4.98 Å². The van der Waals surface area contributed by atoms with Gasteiger partial charge in [0.2, 0.25) is 0 Å². The van der Waals surface area contributed by atoms with Crippen molar-refractivity contribution in [2.24, 2.45) is 0 Å². The number of nitrogens with zero attached hydrogens (tertiary/aromatic N) is 1. The van der Waals surface area contributed by atoms with Gasteiger partial charge >= 0.3 is 0 Å². The van der Waals surface area contributed by atoms with Crippen molar-refractivity contribution in [2.75, 3.05) is 4.42 Å². The molecule has 1 aromatic heterocycles. The minimum atomic E-state index is 0.950. The standard InChI is InChI=1S/C7H7ClN2/c8-10-5-1-2-6-7(10)3-4-9-6/h1,3-5,9H,2H2. The van der Waals surface area contributed by atoms with Crippen molar-refractivity contribution < 1.29 is 0 Å². The van der Waals surface area contributed by atoms with Gasteiger partial charge in [0, 0.05) is 36.3 Å². The van der Waals surface area contributed by atoms with Crippen LogP contribution in [0.2, 0.25) is 0 Å². The number of anilines is 1. The number of allylic oxidation sites excluding steroid dienone is 1. The second-order valence-electron chi connectivity index (χ2n) is 2.24. The van der Waals surface area contributed by atoms with Gasteiger partial charge in [-0.3, -0.25) is 4.42 Å². The molecule has 0 unspecified atom stereocenters. The molecule has 0 bridgehead atoms. The van der Waals surface area contributed by atoms with Gasteiger partial charge in [0.15, 0.2) is 0 Å². The van der Waals surface area contributed by atoms with Gasteiger partial charge in [-0.05, 0) is 6.07 Å². The summed E-state index contributed by atoms with van der Waals surface area (Å²) in [6.45, 7) is 0. The van der Waals surface area contributed by atoms with Gasteiger partial charge in [-0.25, -0.2) is 0 Å². The molecule has 1 aliphatic rings. The summed E-state index contributed by atoms with van der Waals surface area (Å²) in [5.74, 6) is 0. The van der Waals surface area contributed by atoms with Crippen molar-refractivity contribution in [1.82, 2.24) is 4.98 Å². The maximum Gasteiger partial charge on any atom is 0.0784 e.